The van der Waals surface area contributed by atoms with Gasteiger partial charge in [0.05, 0.1) is 12.2 Å². The van der Waals surface area contributed by atoms with Crippen LogP contribution in [0.15, 0.2) is 18.3 Å². The molecule has 4 heteroatoms. The number of pyridine rings is 1. The highest BCUT2D eigenvalue weighted by atomic mass is 16.3. The van der Waals surface area contributed by atoms with Crippen molar-refractivity contribution in [2.45, 2.75) is 26.8 Å². The van der Waals surface area contributed by atoms with Crippen LogP contribution < -0.4 is 0 Å². The van der Waals surface area contributed by atoms with E-state index in [-0.39, 0.29) is 18.6 Å². The second-order valence-electron chi connectivity index (χ2n) is 3.95. The van der Waals surface area contributed by atoms with Gasteiger partial charge in [0.1, 0.15) is 0 Å². The van der Waals surface area contributed by atoms with Gasteiger partial charge in [-0.3, -0.25) is 9.78 Å². The van der Waals surface area contributed by atoms with Crippen LogP contribution in [0.1, 0.15) is 29.9 Å². The summed E-state index contributed by atoms with van der Waals surface area (Å²) in [5.74, 6) is -0.0744. The number of aliphatic hydroxyl groups is 1. The first-order chi connectivity index (χ1) is 7.57. The van der Waals surface area contributed by atoms with E-state index in [1.807, 2.05) is 20.8 Å². The summed E-state index contributed by atoms with van der Waals surface area (Å²) >= 11 is 0. The maximum Gasteiger partial charge on any atom is 0.256 e. The molecule has 1 N–H and O–H groups in total. The minimum atomic E-state index is -0.0744. The van der Waals surface area contributed by atoms with Gasteiger partial charge in [-0.1, -0.05) is 0 Å². The molecule has 0 saturated heterocycles. The monoisotopic (exact) mass is 222 g/mol. The molecular formula is C12H18N2O2. The van der Waals surface area contributed by atoms with Gasteiger partial charge in [0.2, 0.25) is 0 Å². The van der Waals surface area contributed by atoms with Crippen molar-refractivity contribution in [1.29, 1.82) is 0 Å². The van der Waals surface area contributed by atoms with Crippen LogP contribution in [-0.4, -0.2) is 40.1 Å². The molecule has 0 aromatic carbocycles. The van der Waals surface area contributed by atoms with Crippen LogP contribution in [0.2, 0.25) is 0 Å². The Kier molecular flexibility index (Phi) is 4.43. The number of rotatable bonds is 4. The van der Waals surface area contributed by atoms with Crippen molar-refractivity contribution in [2.75, 3.05) is 13.2 Å². The van der Waals surface area contributed by atoms with E-state index in [0.29, 0.717) is 12.1 Å². The van der Waals surface area contributed by atoms with E-state index in [0.717, 1.165) is 5.69 Å². The Morgan fingerprint density at radius 1 is 1.56 bits per heavy atom. The molecule has 0 aliphatic heterocycles. The average molecular weight is 222 g/mol. The highest BCUT2D eigenvalue weighted by molar-refractivity contribution is 5.95. The predicted molar refractivity (Wildman–Crippen MR) is 62.2 cm³/mol. The molecule has 0 aliphatic rings. The normalized spacial score (nSPS) is 10.6. The van der Waals surface area contributed by atoms with Crippen LogP contribution in [0, 0.1) is 6.92 Å². The maximum atomic E-state index is 12.2. The van der Waals surface area contributed by atoms with Crippen molar-refractivity contribution in [3.63, 3.8) is 0 Å². The largest absolute Gasteiger partial charge is 0.395 e. The number of amides is 1. The van der Waals surface area contributed by atoms with Gasteiger partial charge in [0, 0.05) is 24.5 Å². The first-order valence-electron chi connectivity index (χ1n) is 5.41. The van der Waals surface area contributed by atoms with E-state index in [2.05, 4.69) is 4.98 Å². The molecule has 0 bridgehead atoms. The third-order valence-electron chi connectivity index (χ3n) is 2.46. The smallest absolute Gasteiger partial charge is 0.256 e. The Bertz CT molecular complexity index is 364. The third kappa shape index (κ3) is 2.79. The van der Waals surface area contributed by atoms with Crippen LogP contribution >= 0.6 is 0 Å². The van der Waals surface area contributed by atoms with Gasteiger partial charge in [0.25, 0.3) is 5.91 Å². The fraction of sp³-hybridized carbons (Fsp3) is 0.500. The van der Waals surface area contributed by atoms with Crippen molar-refractivity contribution in [3.05, 3.63) is 29.6 Å². The van der Waals surface area contributed by atoms with Crippen LogP contribution in [-0.2, 0) is 0 Å². The Hall–Kier alpha value is -1.42. The van der Waals surface area contributed by atoms with Gasteiger partial charge in [-0.2, -0.15) is 0 Å². The number of aryl methyl sites for hydroxylation is 1. The lowest BCUT2D eigenvalue weighted by Crippen LogP contribution is -2.39. The molecule has 1 rings (SSSR count). The summed E-state index contributed by atoms with van der Waals surface area (Å²) in [7, 11) is 0. The average Bonchev–Trinajstić information content (AvgIpc) is 2.25. The lowest BCUT2D eigenvalue weighted by molar-refractivity contribution is 0.0664. The number of aromatic nitrogens is 1. The molecule has 1 aromatic heterocycles. The second-order valence-corrected chi connectivity index (χ2v) is 3.95. The van der Waals surface area contributed by atoms with Gasteiger partial charge < -0.3 is 10.0 Å². The molecule has 0 aliphatic carbocycles. The Morgan fingerprint density at radius 3 is 2.75 bits per heavy atom. The summed E-state index contributed by atoms with van der Waals surface area (Å²) in [6.45, 7) is 6.00. The standard InChI is InChI=1S/C12H18N2O2/c1-9(2)14(7-8-15)12(16)11-5-4-6-13-10(11)3/h4-6,9,15H,7-8H2,1-3H3. The van der Waals surface area contributed by atoms with Gasteiger partial charge >= 0.3 is 0 Å². The first kappa shape index (κ1) is 12.6. The van der Waals surface area contributed by atoms with Gasteiger partial charge in [-0.15, -0.1) is 0 Å². The molecule has 1 aromatic rings. The van der Waals surface area contributed by atoms with E-state index in [4.69, 9.17) is 5.11 Å². The molecule has 1 heterocycles. The highest BCUT2D eigenvalue weighted by Crippen LogP contribution is 2.10. The Labute approximate surface area is 95.9 Å². The molecule has 0 atom stereocenters. The summed E-state index contributed by atoms with van der Waals surface area (Å²) < 4.78 is 0. The van der Waals surface area contributed by atoms with E-state index in [1.54, 1.807) is 23.2 Å². The fourth-order valence-corrected chi connectivity index (χ4v) is 1.57. The quantitative estimate of drug-likeness (QED) is 0.833. The summed E-state index contributed by atoms with van der Waals surface area (Å²) in [4.78, 5) is 17.9. The van der Waals surface area contributed by atoms with Gasteiger partial charge in [0.15, 0.2) is 0 Å². The molecule has 16 heavy (non-hydrogen) atoms. The molecular weight excluding hydrogens is 204 g/mol. The SMILES string of the molecule is Cc1ncccc1C(=O)N(CCO)C(C)C. The number of hydrogen-bond donors (Lipinski definition) is 1. The molecule has 0 fully saturated rings. The molecule has 0 radical (unpaired) electrons. The first-order valence-corrected chi connectivity index (χ1v) is 5.41. The van der Waals surface area contributed by atoms with Crippen LogP contribution in [0.5, 0.6) is 0 Å². The minimum Gasteiger partial charge on any atom is -0.395 e. The molecule has 1 amide bonds. The van der Waals surface area contributed by atoms with E-state index in [9.17, 15) is 4.79 Å². The number of carbonyl (C=O) groups is 1. The minimum absolute atomic E-state index is 0.0246. The third-order valence-corrected chi connectivity index (χ3v) is 2.46. The van der Waals surface area contributed by atoms with E-state index < -0.39 is 0 Å². The van der Waals surface area contributed by atoms with Crippen molar-refractivity contribution in [1.82, 2.24) is 9.88 Å². The van der Waals surface area contributed by atoms with Crippen molar-refractivity contribution in [3.8, 4) is 0 Å². The summed E-state index contributed by atoms with van der Waals surface area (Å²) in [5, 5.41) is 8.94. The molecule has 0 saturated carbocycles. The summed E-state index contributed by atoms with van der Waals surface area (Å²) in [6.07, 6.45) is 1.66. The number of nitrogens with zero attached hydrogens (tertiary/aromatic N) is 2. The summed E-state index contributed by atoms with van der Waals surface area (Å²) in [6, 6.07) is 3.58. The molecule has 4 nitrogen and oxygen atoms in total. The van der Waals surface area contributed by atoms with Crippen molar-refractivity contribution < 1.29 is 9.90 Å². The van der Waals surface area contributed by atoms with Crippen LogP contribution in [0.4, 0.5) is 0 Å². The summed E-state index contributed by atoms with van der Waals surface area (Å²) in [5.41, 5.74) is 1.32. The number of hydrogen-bond acceptors (Lipinski definition) is 3. The highest BCUT2D eigenvalue weighted by Gasteiger charge is 2.19. The zero-order chi connectivity index (χ0) is 12.1. The van der Waals surface area contributed by atoms with Gasteiger partial charge in [-0.25, -0.2) is 0 Å². The number of aliphatic hydroxyl groups excluding tert-OH is 1. The fourth-order valence-electron chi connectivity index (χ4n) is 1.57. The molecule has 0 unspecified atom stereocenters. The second kappa shape index (κ2) is 5.61. The van der Waals surface area contributed by atoms with Crippen LogP contribution in [0.3, 0.4) is 0 Å². The molecule has 88 valence electrons. The van der Waals surface area contributed by atoms with Crippen molar-refractivity contribution >= 4 is 5.91 Å². The van der Waals surface area contributed by atoms with Gasteiger partial charge in [-0.05, 0) is 32.9 Å². The lowest BCUT2D eigenvalue weighted by atomic mass is 10.1. The van der Waals surface area contributed by atoms with Crippen LogP contribution in [0.25, 0.3) is 0 Å². The van der Waals surface area contributed by atoms with E-state index in [1.165, 1.54) is 0 Å². The lowest BCUT2D eigenvalue weighted by Gasteiger charge is -2.26. The predicted octanol–water partition coefficient (Wildman–Crippen LogP) is 1.23. The topological polar surface area (TPSA) is 53.4 Å². The zero-order valence-corrected chi connectivity index (χ0v) is 9.97. The Morgan fingerprint density at radius 2 is 2.25 bits per heavy atom. The molecule has 0 spiro atoms. The number of carbonyl (C=O) groups excluding carboxylic acids is 1. The maximum absolute atomic E-state index is 12.2. The van der Waals surface area contributed by atoms with Crippen molar-refractivity contribution in [2.24, 2.45) is 0 Å². The Balaban J connectivity index is 2.95. The zero-order valence-electron chi connectivity index (χ0n) is 9.97. The van der Waals surface area contributed by atoms with E-state index >= 15 is 0 Å².